The minimum Gasteiger partial charge on any atom is -0.481 e. The van der Waals surface area contributed by atoms with Gasteiger partial charge in [-0.2, -0.15) is 0 Å². The van der Waals surface area contributed by atoms with Gasteiger partial charge in [-0.15, -0.1) is 0 Å². The van der Waals surface area contributed by atoms with E-state index in [2.05, 4.69) is 13.8 Å². The van der Waals surface area contributed by atoms with Crippen molar-refractivity contribution in [1.82, 2.24) is 0 Å². The Kier molecular flexibility index (Phi) is 4.09. The van der Waals surface area contributed by atoms with E-state index < -0.39 is 29.4 Å². The molecule has 20 heavy (non-hydrogen) atoms. The van der Waals surface area contributed by atoms with E-state index in [1.54, 1.807) is 0 Å². The predicted octanol–water partition coefficient (Wildman–Crippen LogP) is 2.23. The fourth-order valence-corrected chi connectivity index (χ4v) is 3.66. The molecule has 0 saturated carbocycles. The smallest absolute Gasteiger partial charge is 0.313 e. The van der Waals surface area contributed by atoms with E-state index in [9.17, 15) is 14.7 Å². The number of ether oxygens (including phenoxy) is 2. The molecule has 0 aliphatic carbocycles. The Morgan fingerprint density at radius 1 is 1.25 bits per heavy atom. The molecule has 0 amide bonds. The third-order valence-corrected chi connectivity index (χ3v) is 4.11. The molecule has 4 unspecified atom stereocenters. The second-order valence-corrected chi connectivity index (χ2v) is 6.96. The predicted molar refractivity (Wildman–Crippen MR) is 72.1 cm³/mol. The topological polar surface area (TPSA) is 72.8 Å². The molecular formula is C15H24O5. The number of aliphatic carboxylic acids is 1. The number of carbonyl (C=O) groups is 2. The number of carboxylic acid groups (broad SMARTS) is 1. The Morgan fingerprint density at radius 2 is 1.80 bits per heavy atom. The van der Waals surface area contributed by atoms with Gasteiger partial charge in [0.1, 0.15) is 5.60 Å². The van der Waals surface area contributed by atoms with Gasteiger partial charge in [-0.1, -0.05) is 13.8 Å². The average Bonchev–Trinajstić information content (AvgIpc) is 2.84. The maximum Gasteiger partial charge on any atom is 0.313 e. The Labute approximate surface area is 119 Å². The third-order valence-electron chi connectivity index (χ3n) is 4.11. The van der Waals surface area contributed by atoms with E-state index in [1.165, 1.54) is 0 Å². The van der Waals surface area contributed by atoms with Crippen molar-refractivity contribution in [1.29, 1.82) is 0 Å². The maximum atomic E-state index is 12.4. The molecule has 1 N–H and O–H groups in total. The fourth-order valence-electron chi connectivity index (χ4n) is 3.66. The van der Waals surface area contributed by atoms with E-state index in [0.29, 0.717) is 5.92 Å². The number of hydrogen-bond acceptors (Lipinski definition) is 4. The van der Waals surface area contributed by atoms with Crippen molar-refractivity contribution >= 4 is 11.9 Å². The lowest BCUT2D eigenvalue weighted by molar-refractivity contribution is -0.169. The Balaban J connectivity index is 2.06. The van der Waals surface area contributed by atoms with Gasteiger partial charge in [0.25, 0.3) is 0 Å². The second kappa shape index (κ2) is 5.35. The second-order valence-electron chi connectivity index (χ2n) is 6.96. The van der Waals surface area contributed by atoms with Crippen LogP contribution in [0.5, 0.6) is 0 Å². The lowest BCUT2D eigenvalue weighted by atomic mass is 9.79. The van der Waals surface area contributed by atoms with E-state index in [1.807, 2.05) is 13.8 Å². The minimum atomic E-state index is -0.958. The lowest BCUT2D eigenvalue weighted by Crippen LogP contribution is -2.42. The van der Waals surface area contributed by atoms with E-state index in [0.717, 1.165) is 19.3 Å². The monoisotopic (exact) mass is 284 g/mol. The molecule has 0 spiro atoms. The van der Waals surface area contributed by atoms with Crippen molar-refractivity contribution in [2.24, 2.45) is 17.8 Å². The number of fused-ring (bicyclic) bond motifs is 2. The van der Waals surface area contributed by atoms with Gasteiger partial charge in [0, 0.05) is 0 Å². The molecule has 5 nitrogen and oxygen atoms in total. The quantitative estimate of drug-likeness (QED) is 0.784. The largest absolute Gasteiger partial charge is 0.481 e. The molecule has 0 aromatic rings. The van der Waals surface area contributed by atoms with E-state index >= 15 is 0 Å². The first kappa shape index (κ1) is 15.3. The van der Waals surface area contributed by atoms with Gasteiger partial charge in [0.15, 0.2) is 0 Å². The van der Waals surface area contributed by atoms with Crippen LogP contribution in [0.1, 0.15) is 47.0 Å². The van der Waals surface area contributed by atoms with E-state index in [-0.39, 0.29) is 12.2 Å². The zero-order valence-corrected chi connectivity index (χ0v) is 12.6. The molecule has 5 heteroatoms. The molecule has 2 heterocycles. The molecule has 2 saturated heterocycles. The van der Waals surface area contributed by atoms with Crippen LogP contribution in [0.15, 0.2) is 0 Å². The summed E-state index contributed by atoms with van der Waals surface area (Å²) in [5.41, 5.74) is -0.573. The van der Waals surface area contributed by atoms with E-state index in [4.69, 9.17) is 9.47 Å². The van der Waals surface area contributed by atoms with Crippen molar-refractivity contribution in [3.63, 3.8) is 0 Å². The Hall–Kier alpha value is -1.10. The van der Waals surface area contributed by atoms with Crippen LogP contribution >= 0.6 is 0 Å². The van der Waals surface area contributed by atoms with Crippen LogP contribution in [-0.2, 0) is 19.1 Å². The highest BCUT2D eigenvalue weighted by molar-refractivity contribution is 5.83. The maximum absolute atomic E-state index is 12.4. The molecule has 2 aliphatic heterocycles. The standard InChI is InChI=1S/C15H24O5/c1-8(2)7-15(3,4)20-14(18)12-10-6-5-9(19-10)11(12)13(16)17/h8-12H,5-7H2,1-4H3,(H,16,17). The van der Waals surface area contributed by atoms with Gasteiger partial charge in [-0.25, -0.2) is 0 Å². The average molecular weight is 284 g/mol. The van der Waals surface area contributed by atoms with Crippen LogP contribution in [0, 0.1) is 17.8 Å². The molecule has 2 bridgehead atoms. The third kappa shape index (κ3) is 2.97. The summed E-state index contributed by atoms with van der Waals surface area (Å²) in [5.74, 6) is -2.38. The summed E-state index contributed by atoms with van der Waals surface area (Å²) >= 11 is 0. The summed E-state index contributed by atoms with van der Waals surface area (Å²) in [6, 6.07) is 0. The van der Waals surface area contributed by atoms with Crippen LogP contribution < -0.4 is 0 Å². The highest BCUT2D eigenvalue weighted by Gasteiger charge is 2.56. The molecule has 2 fully saturated rings. The highest BCUT2D eigenvalue weighted by atomic mass is 16.6. The van der Waals surface area contributed by atoms with Gasteiger partial charge in [-0.05, 0) is 39.0 Å². The summed E-state index contributed by atoms with van der Waals surface area (Å²) in [6.45, 7) is 7.87. The van der Waals surface area contributed by atoms with Gasteiger partial charge < -0.3 is 14.6 Å². The van der Waals surface area contributed by atoms with Crippen LogP contribution in [0.4, 0.5) is 0 Å². The van der Waals surface area contributed by atoms with Crippen molar-refractivity contribution < 1.29 is 24.2 Å². The number of esters is 1. The summed E-state index contributed by atoms with van der Waals surface area (Å²) in [5, 5.41) is 9.31. The summed E-state index contributed by atoms with van der Waals surface area (Å²) < 4.78 is 11.2. The van der Waals surface area contributed by atoms with Crippen LogP contribution in [0.3, 0.4) is 0 Å². The molecule has 2 aliphatic rings. The first-order chi connectivity index (χ1) is 9.21. The zero-order chi connectivity index (χ0) is 15.1. The molecule has 114 valence electrons. The molecule has 2 rings (SSSR count). The number of carboxylic acids is 1. The first-order valence-corrected chi connectivity index (χ1v) is 7.32. The summed E-state index contributed by atoms with van der Waals surface area (Å²) in [7, 11) is 0. The van der Waals surface area contributed by atoms with Crippen molar-refractivity contribution in [3.05, 3.63) is 0 Å². The molecule has 0 aromatic heterocycles. The minimum absolute atomic E-state index is 0.288. The number of rotatable bonds is 5. The highest BCUT2D eigenvalue weighted by Crippen LogP contribution is 2.44. The zero-order valence-electron chi connectivity index (χ0n) is 12.6. The Bertz CT molecular complexity index is 401. The molecule has 0 aromatic carbocycles. The molecule has 4 atom stereocenters. The SMILES string of the molecule is CC(C)CC(C)(C)OC(=O)C1C2CCC(O2)C1C(=O)O. The number of carbonyl (C=O) groups excluding carboxylic acids is 1. The van der Waals surface area contributed by atoms with Gasteiger partial charge in [-0.3, -0.25) is 9.59 Å². The Morgan fingerprint density at radius 3 is 2.30 bits per heavy atom. The van der Waals surface area contributed by atoms with Crippen molar-refractivity contribution in [2.75, 3.05) is 0 Å². The van der Waals surface area contributed by atoms with Gasteiger partial charge in [0.2, 0.25) is 0 Å². The molecular weight excluding hydrogens is 260 g/mol. The fraction of sp³-hybridized carbons (Fsp3) is 0.867. The number of hydrogen-bond donors (Lipinski definition) is 1. The van der Waals surface area contributed by atoms with Gasteiger partial charge in [0.05, 0.1) is 24.0 Å². The van der Waals surface area contributed by atoms with Crippen LogP contribution in [0.25, 0.3) is 0 Å². The van der Waals surface area contributed by atoms with Crippen molar-refractivity contribution in [2.45, 2.75) is 64.8 Å². The molecule has 0 radical (unpaired) electrons. The summed E-state index contributed by atoms with van der Waals surface area (Å²) in [6.07, 6.45) is 1.60. The van der Waals surface area contributed by atoms with Crippen molar-refractivity contribution in [3.8, 4) is 0 Å². The lowest BCUT2D eigenvalue weighted by Gasteiger charge is -2.31. The normalized spacial score (nSPS) is 32.6. The van der Waals surface area contributed by atoms with Crippen LogP contribution in [-0.4, -0.2) is 34.9 Å². The first-order valence-electron chi connectivity index (χ1n) is 7.32. The van der Waals surface area contributed by atoms with Gasteiger partial charge >= 0.3 is 11.9 Å². The summed E-state index contributed by atoms with van der Waals surface area (Å²) in [4.78, 5) is 23.7. The van der Waals surface area contributed by atoms with Crippen LogP contribution in [0.2, 0.25) is 0 Å².